The molecule has 3 aromatic heterocycles. The largest absolute Gasteiger partial charge is 0.384 e. The van der Waals surface area contributed by atoms with Crippen LogP contribution in [0.3, 0.4) is 0 Å². The number of nitrogens with one attached hydrogen (secondary N) is 1. The summed E-state index contributed by atoms with van der Waals surface area (Å²) in [5.41, 5.74) is 2.21. The molecule has 0 aliphatic carbocycles. The Labute approximate surface area is 194 Å². The fraction of sp³-hybridized carbons (Fsp3) is 0.261. The van der Waals surface area contributed by atoms with Gasteiger partial charge in [0.2, 0.25) is 5.95 Å². The maximum absolute atomic E-state index is 13.0. The molecule has 2 N–H and O–H groups in total. The van der Waals surface area contributed by atoms with Crippen molar-refractivity contribution >= 4 is 40.5 Å². The molecule has 4 heterocycles. The van der Waals surface area contributed by atoms with E-state index in [4.69, 9.17) is 11.6 Å². The molecule has 0 amide bonds. The first-order valence-corrected chi connectivity index (χ1v) is 10.9. The van der Waals surface area contributed by atoms with Crippen LogP contribution in [0, 0.1) is 0 Å². The van der Waals surface area contributed by atoms with Gasteiger partial charge in [-0.05, 0) is 45.0 Å². The number of aliphatic hydroxyl groups is 1. The number of aromatic nitrogens is 5. The highest BCUT2D eigenvalue weighted by Gasteiger charge is 2.22. The molecule has 9 nitrogen and oxygen atoms in total. The van der Waals surface area contributed by atoms with Crippen molar-refractivity contribution in [2.75, 3.05) is 5.32 Å². The van der Waals surface area contributed by atoms with Crippen LogP contribution >= 0.6 is 11.6 Å². The maximum Gasteiger partial charge on any atom is 0.278 e. The molecule has 0 atom stereocenters. The van der Waals surface area contributed by atoms with E-state index in [1.54, 1.807) is 53.7 Å². The minimum absolute atomic E-state index is 0.216. The Morgan fingerprint density at radius 3 is 2.82 bits per heavy atom. The monoisotopic (exact) mass is 463 g/mol. The summed E-state index contributed by atoms with van der Waals surface area (Å²) in [5.74, 6) is 0.791. The van der Waals surface area contributed by atoms with Crippen molar-refractivity contribution in [3.63, 3.8) is 0 Å². The van der Waals surface area contributed by atoms with Crippen LogP contribution in [0.25, 0.3) is 16.9 Å². The number of pyridine rings is 1. The summed E-state index contributed by atoms with van der Waals surface area (Å²) >= 11 is 6.40. The molecule has 0 fully saturated rings. The third-order valence-electron chi connectivity index (χ3n) is 5.52. The van der Waals surface area contributed by atoms with E-state index < -0.39 is 5.60 Å². The van der Waals surface area contributed by atoms with Crippen molar-refractivity contribution in [2.45, 2.75) is 39.5 Å². The fourth-order valence-electron chi connectivity index (χ4n) is 3.87. The van der Waals surface area contributed by atoms with E-state index in [0.29, 0.717) is 46.6 Å². The maximum atomic E-state index is 13.0. The second-order valence-electron chi connectivity index (χ2n) is 8.32. The standard InChI is InChI=1S/C23H22ClN7O2/c1-4-30-21(32)16-12-26-22(27-14-8-13-10-25-11-15(13)17(24)9-14)29-20(16)31(30)19-7-5-6-18(28-19)23(2,3)33/h5-10,12,33H,4,11H2,1-3H3,(H,26,27,29). The van der Waals surface area contributed by atoms with Crippen LogP contribution in [0.15, 0.2) is 46.3 Å². The molecule has 0 unspecified atom stereocenters. The number of nitrogens with zero attached hydrogens (tertiary/aromatic N) is 6. The number of fused-ring (bicyclic) bond motifs is 2. The molecule has 1 aliphatic rings. The number of hydrogen-bond donors (Lipinski definition) is 2. The van der Waals surface area contributed by atoms with Crippen LogP contribution in [0.4, 0.5) is 11.6 Å². The van der Waals surface area contributed by atoms with Crippen LogP contribution in [0.2, 0.25) is 5.02 Å². The van der Waals surface area contributed by atoms with Crippen molar-refractivity contribution in [3.8, 4) is 5.82 Å². The SMILES string of the molecule is CCn1c(=O)c2cnc(Nc3cc(Cl)c4c(c3)C=NC4)nc2n1-c1cccc(C(C)(C)O)n1. The number of halogens is 1. The first kappa shape index (κ1) is 21.3. The van der Waals surface area contributed by atoms with E-state index in [2.05, 4.69) is 25.3 Å². The summed E-state index contributed by atoms with van der Waals surface area (Å²) < 4.78 is 3.20. The lowest BCUT2D eigenvalue weighted by Crippen LogP contribution is -2.23. The molecule has 4 aromatic rings. The molecule has 5 rings (SSSR count). The predicted octanol–water partition coefficient (Wildman–Crippen LogP) is 3.55. The molecular weight excluding hydrogens is 442 g/mol. The van der Waals surface area contributed by atoms with Crippen molar-refractivity contribution < 1.29 is 5.11 Å². The number of rotatable bonds is 5. The van der Waals surface area contributed by atoms with Gasteiger partial charge in [0.25, 0.3) is 5.56 Å². The third kappa shape index (κ3) is 3.69. The minimum Gasteiger partial charge on any atom is -0.384 e. The normalized spacial score (nSPS) is 13.0. The van der Waals surface area contributed by atoms with Crippen LogP contribution in [-0.2, 0) is 18.7 Å². The summed E-state index contributed by atoms with van der Waals surface area (Å²) in [6.45, 7) is 6.18. The Balaban J connectivity index is 1.64. The smallest absolute Gasteiger partial charge is 0.278 e. The Bertz CT molecular complexity index is 1480. The van der Waals surface area contributed by atoms with Gasteiger partial charge in [-0.2, -0.15) is 4.98 Å². The molecule has 1 aromatic carbocycles. The van der Waals surface area contributed by atoms with Crippen LogP contribution in [0.5, 0.6) is 0 Å². The molecular formula is C23H22ClN7O2. The Hall–Kier alpha value is -3.56. The predicted molar refractivity (Wildman–Crippen MR) is 128 cm³/mol. The number of hydrogen-bond acceptors (Lipinski definition) is 7. The molecule has 0 saturated heterocycles. The van der Waals surface area contributed by atoms with E-state index in [-0.39, 0.29) is 5.56 Å². The highest BCUT2D eigenvalue weighted by Crippen LogP contribution is 2.29. The zero-order chi connectivity index (χ0) is 23.3. The second kappa shape index (κ2) is 7.79. The van der Waals surface area contributed by atoms with E-state index in [9.17, 15) is 9.90 Å². The van der Waals surface area contributed by atoms with Crippen molar-refractivity contribution in [3.05, 3.63) is 68.7 Å². The Morgan fingerprint density at radius 1 is 1.24 bits per heavy atom. The quantitative estimate of drug-likeness (QED) is 0.468. The number of benzene rings is 1. The second-order valence-corrected chi connectivity index (χ2v) is 8.73. The Kier molecular flexibility index (Phi) is 5.02. The third-order valence-corrected chi connectivity index (χ3v) is 5.86. The topological polar surface area (TPSA) is 110 Å². The fourth-order valence-corrected chi connectivity index (χ4v) is 4.15. The van der Waals surface area contributed by atoms with Gasteiger partial charge in [-0.3, -0.25) is 9.79 Å². The molecule has 0 spiro atoms. The van der Waals surface area contributed by atoms with Gasteiger partial charge in [-0.15, -0.1) is 0 Å². The van der Waals surface area contributed by atoms with Gasteiger partial charge < -0.3 is 10.4 Å². The van der Waals surface area contributed by atoms with Gasteiger partial charge in [0.05, 0.1) is 12.2 Å². The number of aliphatic imine (C=N–C) groups is 1. The van der Waals surface area contributed by atoms with E-state index in [0.717, 1.165) is 16.8 Å². The first-order chi connectivity index (χ1) is 15.8. The molecule has 168 valence electrons. The van der Waals surface area contributed by atoms with E-state index in [1.807, 2.05) is 13.0 Å². The molecule has 10 heteroatoms. The zero-order valence-electron chi connectivity index (χ0n) is 18.4. The lowest BCUT2D eigenvalue weighted by molar-refractivity contribution is 0.0738. The van der Waals surface area contributed by atoms with E-state index >= 15 is 0 Å². The highest BCUT2D eigenvalue weighted by molar-refractivity contribution is 6.32. The number of anilines is 2. The van der Waals surface area contributed by atoms with Gasteiger partial charge >= 0.3 is 0 Å². The van der Waals surface area contributed by atoms with Gasteiger partial charge in [0.15, 0.2) is 11.5 Å². The van der Waals surface area contributed by atoms with Crippen molar-refractivity contribution in [1.82, 2.24) is 24.3 Å². The highest BCUT2D eigenvalue weighted by atomic mass is 35.5. The van der Waals surface area contributed by atoms with Gasteiger partial charge in [-0.25, -0.2) is 19.3 Å². The van der Waals surface area contributed by atoms with E-state index in [1.165, 1.54) is 6.20 Å². The lowest BCUT2D eigenvalue weighted by atomic mass is 10.1. The summed E-state index contributed by atoms with van der Waals surface area (Å²) in [4.78, 5) is 30.8. The summed E-state index contributed by atoms with van der Waals surface area (Å²) in [5, 5.41) is 14.6. The van der Waals surface area contributed by atoms with Crippen LogP contribution in [-0.4, -0.2) is 35.6 Å². The minimum atomic E-state index is -1.13. The molecule has 1 aliphatic heterocycles. The average Bonchev–Trinajstić information content (AvgIpc) is 3.36. The zero-order valence-corrected chi connectivity index (χ0v) is 19.1. The summed E-state index contributed by atoms with van der Waals surface area (Å²) in [7, 11) is 0. The van der Waals surface area contributed by atoms with Crippen LogP contribution < -0.4 is 10.9 Å². The molecule has 0 saturated carbocycles. The van der Waals surface area contributed by atoms with Crippen molar-refractivity contribution in [2.24, 2.45) is 4.99 Å². The van der Waals surface area contributed by atoms with Gasteiger partial charge in [0, 0.05) is 40.8 Å². The molecule has 0 bridgehead atoms. The molecule has 0 radical (unpaired) electrons. The summed E-state index contributed by atoms with van der Waals surface area (Å²) in [6.07, 6.45) is 3.29. The average molecular weight is 464 g/mol. The Morgan fingerprint density at radius 2 is 2.06 bits per heavy atom. The van der Waals surface area contributed by atoms with Gasteiger partial charge in [-0.1, -0.05) is 17.7 Å². The summed E-state index contributed by atoms with van der Waals surface area (Å²) in [6, 6.07) is 9.05. The first-order valence-electron chi connectivity index (χ1n) is 10.5. The van der Waals surface area contributed by atoms with Crippen LogP contribution in [0.1, 0.15) is 37.6 Å². The molecule has 33 heavy (non-hydrogen) atoms. The van der Waals surface area contributed by atoms with Crippen molar-refractivity contribution in [1.29, 1.82) is 0 Å². The lowest BCUT2D eigenvalue weighted by Gasteiger charge is -2.18. The van der Waals surface area contributed by atoms with Gasteiger partial charge in [0.1, 0.15) is 11.0 Å².